The standard InChI is InChI=1S/C22H28O2S/c1-3-10-20-21(15-14-19(17(2)23)22(20)24)25-16-9-5-8-13-18-11-6-4-7-12-18/h4,6-7,11-12,14-15,24H,3,5,8-10,13,16H2,1-2H3. The monoisotopic (exact) mass is 356 g/mol. The van der Waals surface area contributed by atoms with E-state index in [-0.39, 0.29) is 11.5 Å². The van der Waals surface area contributed by atoms with Crippen LogP contribution < -0.4 is 0 Å². The molecule has 134 valence electrons. The Morgan fingerprint density at radius 1 is 1.00 bits per heavy atom. The zero-order chi connectivity index (χ0) is 18.1. The average molecular weight is 357 g/mol. The highest BCUT2D eigenvalue weighted by molar-refractivity contribution is 7.99. The van der Waals surface area contributed by atoms with Crippen LogP contribution in [0.1, 0.15) is 61.0 Å². The number of aryl methyl sites for hydroxylation is 1. The zero-order valence-electron chi connectivity index (χ0n) is 15.3. The molecule has 2 aromatic rings. The van der Waals surface area contributed by atoms with E-state index in [1.54, 1.807) is 17.8 Å². The van der Waals surface area contributed by atoms with Crippen molar-refractivity contribution in [2.75, 3.05) is 5.75 Å². The maximum absolute atomic E-state index is 11.6. The molecule has 0 aromatic heterocycles. The van der Waals surface area contributed by atoms with Crippen molar-refractivity contribution in [3.05, 3.63) is 59.2 Å². The number of carbonyl (C=O) groups excluding carboxylic acids is 1. The highest BCUT2D eigenvalue weighted by Gasteiger charge is 2.14. The molecule has 0 amide bonds. The quantitative estimate of drug-likeness (QED) is 0.320. The summed E-state index contributed by atoms with van der Waals surface area (Å²) in [6, 6.07) is 14.4. The van der Waals surface area contributed by atoms with Gasteiger partial charge in [0.15, 0.2) is 5.78 Å². The summed E-state index contributed by atoms with van der Waals surface area (Å²) in [6.45, 7) is 3.60. The Hall–Kier alpha value is -1.74. The minimum atomic E-state index is -0.0766. The number of carbonyl (C=O) groups is 1. The van der Waals surface area contributed by atoms with E-state index in [1.807, 2.05) is 6.07 Å². The van der Waals surface area contributed by atoms with E-state index in [2.05, 4.69) is 37.3 Å². The smallest absolute Gasteiger partial charge is 0.163 e. The Bertz CT molecular complexity index is 680. The normalized spacial score (nSPS) is 10.8. The van der Waals surface area contributed by atoms with Crippen molar-refractivity contribution in [1.82, 2.24) is 0 Å². The fraction of sp³-hybridized carbons (Fsp3) is 0.409. The Balaban J connectivity index is 1.83. The molecule has 0 atom stereocenters. The van der Waals surface area contributed by atoms with Gasteiger partial charge in [0.25, 0.3) is 0 Å². The van der Waals surface area contributed by atoms with E-state index in [1.165, 1.54) is 25.3 Å². The van der Waals surface area contributed by atoms with Gasteiger partial charge in [0.05, 0.1) is 5.56 Å². The van der Waals surface area contributed by atoms with Gasteiger partial charge in [-0.2, -0.15) is 0 Å². The number of Topliss-reactive ketones (excluding diaryl/α,β-unsaturated/α-hetero) is 1. The van der Waals surface area contributed by atoms with Crippen LogP contribution in [0.15, 0.2) is 47.4 Å². The molecule has 3 heteroatoms. The predicted octanol–water partition coefficient (Wildman–Crippen LogP) is 6.05. The summed E-state index contributed by atoms with van der Waals surface area (Å²) in [4.78, 5) is 12.7. The second kappa shape index (κ2) is 10.3. The van der Waals surface area contributed by atoms with Gasteiger partial charge in [-0.3, -0.25) is 4.79 Å². The third-order valence-corrected chi connectivity index (χ3v) is 5.52. The molecule has 0 saturated heterocycles. The van der Waals surface area contributed by atoms with E-state index < -0.39 is 0 Å². The van der Waals surface area contributed by atoms with Crippen LogP contribution in [0.4, 0.5) is 0 Å². The number of phenolic OH excluding ortho intramolecular Hbond substituents is 1. The van der Waals surface area contributed by atoms with Gasteiger partial charge in [-0.25, -0.2) is 0 Å². The van der Waals surface area contributed by atoms with Gasteiger partial charge < -0.3 is 5.11 Å². The summed E-state index contributed by atoms with van der Waals surface area (Å²) in [5.41, 5.74) is 2.78. The van der Waals surface area contributed by atoms with Crippen molar-refractivity contribution in [3.8, 4) is 5.75 Å². The van der Waals surface area contributed by atoms with Crippen molar-refractivity contribution in [2.24, 2.45) is 0 Å². The minimum absolute atomic E-state index is 0.0766. The van der Waals surface area contributed by atoms with E-state index >= 15 is 0 Å². The van der Waals surface area contributed by atoms with E-state index in [0.717, 1.165) is 41.9 Å². The Kier molecular flexibility index (Phi) is 8.07. The Morgan fingerprint density at radius 2 is 1.76 bits per heavy atom. The second-order valence-electron chi connectivity index (χ2n) is 6.39. The summed E-state index contributed by atoms with van der Waals surface area (Å²) in [7, 11) is 0. The summed E-state index contributed by atoms with van der Waals surface area (Å²) < 4.78 is 0. The maximum atomic E-state index is 11.6. The molecule has 0 aliphatic heterocycles. The number of unbranched alkanes of at least 4 members (excludes halogenated alkanes) is 2. The van der Waals surface area contributed by atoms with Crippen LogP contribution in [0.25, 0.3) is 0 Å². The van der Waals surface area contributed by atoms with Gasteiger partial charge in [0.2, 0.25) is 0 Å². The van der Waals surface area contributed by atoms with Gasteiger partial charge in [-0.15, -0.1) is 11.8 Å². The summed E-state index contributed by atoms with van der Waals surface area (Å²) in [5.74, 6) is 1.15. The van der Waals surface area contributed by atoms with Crippen molar-refractivity contribution in [3.63, 3.8) is 0 Å². The number of hydrogen-bond acceptors (Lipinski definition) is 3. The number of thioether (sulfide) groups is 1. The Labute approximate surface area is 155 Å². The molecule has 0 aliphatic carbocycles. The molecule has 2 nitrogen and oxygen atoms in total. The van der Waals surface area contributed by atoms with Crippen molar-refractivity contribution in [1.29, 1.82) is 0 Å². The lowest BCUT2D eigenvalue weighted by atomic mass is 10.0. The van der Waals surface area contributed by atoms with Gasteiger partial charge in [0.1, 0.15) is 5.75 Å². The van der Waals surface area contributed by atoms with E-state index in [0.29, 0.717) is 5.56 Å². The number of ketones is 1. The zero-order valence-corrected chi connectivity index (χ0v) is 16.1. The SMILES string of the molecule is CCCc1c(SCCCCCc2ccccc2)ccc(C(C)=O)c1O. The molecule has 0 spiro atoms. The lowest BCUT2D eigenvalue weighted by molar-refractivity contribution is 0.101. The molecule has 0 fully saturated rings. The number of hydrogen-bond donors (Lipinski definition) is 1. The topological polar surface area (TPSA) is 37.3 Å². The molecule has 2 aromatic carbocycles. The third kappa shape index (κ3) is 5.93. The first-order valence-electron chi connectivity index (χ1n) is 9.16. The van der Waals surface area contributed by atoms with Crippen molar-refractivity contribution >= 4 is 17.5 Å². The molecule has 0 bridgehead atoms. The minimum Gasteiger partial charge on any atom is -0.507 e. The molecule has 0 radical (unpaired) electrons. The second-order valence-corrected chi connectivity index (χ2v) is 7.53. The molecule has 2 rings (SSSR count). The van der Waals surface area contributed by atoms with Crippen LogP contribution in [0, 0.1) is 0 Å². The fourth-order valence-electron chi connectivity index (χ4n) is 2.96. The maximum Gasteiger partial charge on any atom is 0.163 e. The largest absolute Gasteiger partial charge is 0.507 e. The van der Waals surface area contributed by atoms with Gasteiger partial charge in [0, 0.05) is 10.5 Å². The average Bonchev–Trinajstić information content (AvgIpc) is 2.61. The lowest BCUT2D eigenvalue weighted by Gasteiger charge is -2.13. The first kappa shape index (κ1) is 19.6. The summed E-state index contributed by atoms with van der Waals surface area (Å²) >= 11 is 1.80. The molecule has 1 N–H and O–H groups in total. The molecule has 0 unspecified atom stereocenters. The van der Waals surface area contributed by atoms with Crippen LogP contribution in [0.5, 0.6) is 5.75 Å². The molecule has 0 aliphatic rings. The summed E-state index contributed by atoms with van der Waals surface area (Å²) in [6.07, 6.45) is 6.49. The number of phenols is 1. The van der Waals surface area contributed by atoms with Crippen molar-refractivity contribution in [2.45, 2.75) is 57.3 Å². The van der Waals surface area contributed by atoms with Crippen LogP contribution in [-0.4, -0.2) is 16.6 Å². The first-order chi connectivity index (χ1) is 12.1. The number of benzene rings is 2. The molecular formula is C22H28O2S. The van der Waals surface area contributed by atoms with Crippen LogP contribution >= 0.6 is 11.8 Å². The van der Waals surface area contributed by atoms with Gasteiger partial charge in [-0.1, -0.05) is 50.1 Å². The molecule has 0 saturated carbocycles. The molecule has 25 heavy (non-hydrogen) atoms. The predicted molar refractivity (Wildman–Crippen MR) is 107 cm³/mol. The van der Waals surface area contributed by atoms with Gasteiger partial charge in [-0.05, 0) is 56.1 Å². The third-order valence-electron chi connectivity index (χ3n) is 4.33. The fourth-order valence-corrected chi connectivity index (χ4v) is 4.07. The van der Waals surface area contributed by atoms with Crippen LogP contribution in [-0.2, 0) is 12.8 Å². The summed E-state index contributed by atoms with van der Waals surface area (Å²) in [5, 5.41) is 10.4. The number of rotatable bonds is 10. The highest BCUT2D eigenvalue weighted by atomic mass is 32.2. The Morgan fingerprint density at radius 3 is 2.44 bits per heavy atom. The first-order valence-corrected chi connectivity index (χ1v) is 10.1. The van der Waals surface area contributed by atoms with E-state index in [4.69, 9.17) is 0 Å². The molecule has 0 heterocycles. The van der Waals surface area contributed by atoms with Crippen LogP contribution in [0.3, 0.4) is 0 Å². The van der Waals surface area contributed by atoms with E-state index in [9.17, 15) is 9.90 Å². The lowest BCUT2D eigenvalue weighted by Crippen LogP contribution is -1.98. The highest BCUT2D eigenvalue weighted by Crippen LogP contribution is 2.34. The van der Waals surface area contributed by atoms with Crippen molar-refractivity contribution < 1.29 is 9.90 Å². The van der Waals surface area contributed by atoms with Gasteiger partial charge >= 0.3 is 0 Å². The number of aromatic hydroxyl groups is 1. The van der Waals surface area contributed by atoms with Crippen LogP contribution in [0.2, 0.25) is 0 Å². The molecular weight excluding hydrogens is 328 g/mol.